The molecule has 0 saturated heterocycles. The van der Waals surface area contributed by atoms with Crippen molar-refractivity contribution in [3.8, 4) is 11.5 Å². The molecular weight excluding hydrogens is 384 g/mol. The Kier molecular flexibility index (Phi) is 6.36. The predicted octanol–water partition coefficient (Wildman–Crippen LogP) is 2.60. The Hall–Kier alpha value is -2.13. The van der Waals surface area contributed by atoms with Crippen LogP contribution in [0.1, 0.15) is 0 Å². The average molecular weight is 397 g/mol. The number of benzene rings is 1. The Morgan fingerprint density at radius 1 is 1.30 bits per heavy atom. The lowest BCUT2D eigenvalue weighted by molar-refractivity contribution is -0.117. The molecule has 0 saturated carbocycles. The van der Waals surface area contributed by atoms with Gasteiger partial charge in [0.25, 0.3) is 5.22 Å². The first-order valence-electron chi connectivity index (χ1n) is 6.49. The van der Waals surface area contributed by atoms with Crippen molar-refractivity contribution in [2.45, 2.75) is 5.22 Å². The minimum Gasteiger partial charge on any atom is -0.411 e. The Labute approximate surface area is 145 Å². The van der Waals surface area contributed by atoms with E-state index in [9.17, 15) is 9.59 Å². The first-order valence-corrected chi connectivity index (χ1v) is 8.27. The van der Waals surface area contributed by atoms with Gasteiger partial charge in [0.1, 0.15) is 0 Å². The van der Waals surface area contributed by atoms with E-state index in [2.05, 4.69) is 43.3 Å². The molecule has 0 spiro atoms. The van der Waals surface area contributed by atoms with E-state index in [0.717, 1.165) is 21.8 Å². The average Bonchev–Trinajstić information content (AvgIpc) is 3.00. The molecule has 0 aliphatic rings. The first kappa shape index (κ1) is 17.2. The minimum atomic E-state index is -0.573. The zero-order valence-electron chi connectivity index (χ0n) is 11.9. The summed E-state index contributed by atoms with van der Waals surface area (Å²) in [5.41, 5.74) is 0.779. The van der Waals surface area contributed by atoms with Gasteiger partial charge in [-0.25, -0.2) is 4.79 Å². The molecular formula is C14H13BrN4O3S. The summed E-state index contributed by atoms with van der Waals surface area (Å²) in [5.74, 6) is -0.104. The van der Waals surface area contributed by atoms with Crippen LogP contribution in [0.2, 0.25) is 0 Å². The second-order valence-electron chi connectivity index (χ2n) is 4.22. The van der Waals surface area contributed by atoms with Gasteiger partial charge in [0.2, 0.25) is 11.8 Å². The van der Waals surface area contributed by atoms with Crippen LogP contribution in [0.25, 0.3) is 11.5 Å². The quantitative estimate of drug-likeness (QED) is 0.575. The lowest BCUT2D eigenvalue weighted by Crippen LogP contribution is -2.40. The number of imide groups is 1. The summed E-state index contributed by atoms with van der Waals surface area (Å²) in [7, 11) is 0. The van der Waals surface area contributed by atoms with Gasteiger partial charge in [0.15, 0.2) is 0 Å². The van der Waals surface area contributed by atoms with Crippen LogP contribution in [0.3, 0.4) is 0 Å². The van der Waals surface area contributed by atoms with Gasteiger partial charge in [-0.3, -0.25) is 10.1 Å². The van der Waals surface area contributed by atoms with Gasteiger partial charge >= 0.3 is 6.03 Å². The highest BCUT2D eigenvalue weighted by Gasteiger charge is 2.12. The summed E-state index contributed by atoms with van der Waals surface area (Å²) in [6.45, 7) is 3.74. The second kappa shape index (κ2) is 8.49. The molecule has 2 N–H and O–H groups in total. The van der Waals surface area contributed by atoms with Gasteiger partial charge < -0.3 is 9.73 Å². The minimum absolute atomic E-state index is 0.0104. The van der Waals surface area contributed by atoms with Crippen LogP contribution in [-0.4, -0.2) is 34.4 Å². The SMILES string of the molecule is C=CCNC(=O)NC(=O)CSc1nnc(-c2ccc(Br)cc2)o1. The van der Waals surface area contributed by atoms with Crippen LogP contribution in [0.15, 0.2) is 51.0 Å². The van der Waals surface area contributed by atoms with E-state index in [1.54, 1.807) is 0 Å². The number of thioether (sulfide) groups is 1. The topological polar surface area (TPSA) is 97.1 Å². The maximum Gasteiger partial charge on any atom is 0.321 e. The van der Waals surface area contributed by atoms with Crippen LogP contribution in [0.5, 0.6) is 0 Å². The van der Waals surface area contributed by atoms with Crippen molar-refractivity contribution < 1.29 is 14.0 Å². The molecule has 0 unspecified atom stereocenters. The molecule has 23 heavy (non-hydrogen) atoms. The van der Waals surface area contributed by atoms with E-state index in [1.807, 2.05) is 24.3 Å². The van der Waals surface area contributed by atoms with Gasteiger partial charge in [0, 0.05) is 16.6 Å². The highest BCUT2D eigenvalue weighted by molar-refractivity contribution is 9.10. The molecule has 1 aromatic heterocycles. The standard InChI is InChI=1S/C14H13BrN4O3S/c1-2-7-16-13(21)17-11(20)8-23-14-19-18-12(22-14)9-3-5-10(15)6-4-9/h2-6H,1,7-8H2,(H2,16,17,20,21). The van der Waals surface area contributed by atoms with E-state index in [-0.39, 0.29) is 17.5 Å². The van der Waals surface area contributed by atoms with E-state index >= 15 is 0 Å². The van der Waals surface area contributed by atoms with Gasteiger partial charge in [-0.15, -0.1) is 16.8 Å². The van der Waals surface area contributed by atoms with Crippen LogP contribution in [0, 0.1) is 0 Å². The fraction of sp³-hybridized carbons (Fsp3) is 0.143. The van der Waals surface area contributed by atoms with Crippen molar-refractivity contribution in [1.29, 1.82) is 0 Å². The van der Waals surface area contributed by atoms with Crippen LogP contribution in [0.4, 0.5) is 4.79 Å². The third-order valence-electron chi connectivity index (χ3n) is 2.48. The molecule has 1 heterocycles. The maximum absolute atomic E-state index is 11.6. The maximum atomic E-state index is 11.6. The zero-order valence-corrected chi connectivity index (χ0v) is 14.3. The number of halogens is 1. The molecule has 0 fully saturated rings. The number of carbonyl (C=O) groups is 2. The molecule has 7 nitrogen and oxygen atoms in total. The lowest BCUT2D eigenvalue weighted by Gasteiger charge is -2.03. The number of hydrogen-bond donors (Lipinski definition) is 2. The van der Waals surface area contributed by atoms with Gasteiger partial charge in [-0.05, 0) is 24.3 Å². The zero-order chi connectivity index (χ0) is 16.7. The van der Waals surface area contributed by atoms with Crippen molar-refractivity contribution >= 4 is 39.6 Å². The van der Waals surface area contributed by atoms with Gasteiger partial charge in [-0.2, -0.15) is 0 Å². The molecule has 0 atom stereocenters. The molecule has 1 aromatic carbocycles. The molecule has 2 rings (SSSR count). The summed E-state index contributed by atoms with van der Waals surface area (Å²) in [5, 5.41) is 12.6. The summed E-state index contributed by atoms with van der Waals surface area (Å²) in [4.78, 5) is 22.9. The number of urea groups is 1. The van der Waals surface area contributed by atoms with Crippen molar-refractivity contribution in [2.24, 2.45) is 0 Å². The van der Waals surface area contributed by atoms with Crippen molar-refractivity contribution in [1.82, 2.24) is 20.8 Å². The third-order valence-corrected chi connectivity index (χ3v) is 3.83. The summed E-state index contributed by atoms with van der Waals surface area (Å²) in [6.07, 6.45) is 1.51. The molecule has 120 valence electrons. The number of rotatable bonds is 6. The van der Waals surface area contributed by atoms with Crippen LogP contribution >= 0.6 is 27.7 Å². The third kappa shape index (κ3) is 5.53. The van der Waals surface area contributed by atoms with Crippen LogP contribution in [-0.2, 0) is 4.79 Å². The van der Waals surface area contributed by atoms with Gasteiger partial charge in [0.05, 0.1) is 5.75 Å². The molecule has 2 aromatic rings. The van der Waals surface area contributed by atoms with E-state index in [4.69, 9.17) is 4.42 Å². The highest BCUT2D eigenvalue weighted by Crippen LogP contribution is 2.24. The van der Waals surface area contributed by atoms with E-state index in [1.165, 1.54) is 6.08 Å². The largest absolute Gasteiger partial charge is 0.411 e. The smallest absolute Gasteiger partial charge is 0.321 e. The van der Waals surface area contributed by atoms with Crippen molar-refractivity contribution in [2.75, 3.05) is 12.3 Å². The van der Waals surface area contributed by atoms with E-state index < -0.39 is 11.9 Å². The molecule has 0 aliphatic heterocycles. The monoisotopic (exact) mass is 396 g/mol. The first-order chi connectivity index (χ1) is 11.1. The Morgan fingerprint density at radius 2 is 2.04 bits per heavy atom. The Balaban J connectivity index is 1.85. The fourth-order valence-electron chi connectivity index (χ4n) is 1.48. The molecule has 9 heteroatoms. The van der Waals surface area contributed by atoms with Gasteiger partial charge in [-0.1, -0.05) is 33.8 Å². The van der Waals surface area contributed by atoms with E-state index in [0.29, 0.717) is 5.89 Å². The Morgan fingerprint density at radius 3 is 2.74 bits per heavy atom. The highest BCUT2D eigenvalue weighted by atomic mass is 79.9. The second-order valence-corrected chi connectivity index (χ2v) is 6.06. The number of carbonyl (C=O) groups excluding carboxylic acids is 2. The number of nitrogens with one attached hydrogen (secondary N) is 2. The molecule has 0 bridgehead atoms. The molecule has 0 radical (unpaired) electrons. The van der Waals surface area contributed by atoms with Crippen molar-refractivity contribution in [3.05, 3.63) is 41.4 Å². The van der Waals surface area contributed by atoms with Crippen LogP contribution < -0.4 is 10.6 Å². The number of amides is 3. The summed E-state index contributed by atoms with van der Waals surface area (Å²) in [6, 6.07) is 6.82. The lowest BCUT2D eigenvalue weighted by atomic mass is 10.2. The molecule has 0 aliphatic carbocycles. The Bertz CT molecular complexity index is 702. The predicted molar refractivity (Wildman–Crippen MR) is 89.9 cm³/mol. The summed E-state index contributed by atoms with van der Waals surface area (Å²) >= 11 is 4.40. The number of hydrogen-bond acceptors (Lipinski definition) is 6. The summed E-state index contributed by atoms with van der Waals surface area (Å²) < 4.78 is 6.41. The fourth-order valence-corrected chi connectivity index (χ4v) is 2.30. The number of aromatic nitrogens is 2. The normalized spacial score (nSPS) is 10.1. The number of nitrogens with zero attached hydrogens (tertiary/aromatic N) is 2. The van der Waals surface area contributed by atoms with Crippen molar-refractivity contribution in [3.63, 3.8) is 0 Å². The molecule has 3 amide bonds.